The van der Waals surface area contributed by atoms with Crippen LogP contribution >= 0.6 is 11.8 Å². The monoisotopic (exact) mass is 364 g/mol. The van der Waals surface area contributed by atoms with Gasteiger partial charge in [0, 0.05) is 37.5 Å². The molecule has 0 radical (unpaired) electrons. The molecule has 1 heterocycles. The predicted molar refractivity (Wildman–Crippen MR) is 103 cm³/mol. The Balaban J connectivity index is 1.44. The lowest BCUT2D eigenvalue weighted by molar-refractivity contribution is -0.132. The van der Waals surface area contributed by atoms with Gasteiger partial charge in [0.2, 0.25) is 5.91 Å². The highest BCUT2D eigenvalue weighted by Gasteiger charge is 2.30. The molecule has 2 fully saturated rings. The smallest absolute Gasteiger partial charge is 0.285 e. The van der Waals surface area contributed by atoms with Crippen LogP contribution in [0.4, 0.5) is 4.79 Å². The largest absolute Gasteiger partial charge is 0.343 e. The lowest BCUT2D eigenvalue weighted by Crippen LogP contribution is -2.39. The van der Waals surface area contributed by atoms with Gasteiger partial charge in [-0.1, -0.05) is 37.1 Å². The van der Waals surface area contributed by atoms with E-state index in [9.17, 15) is 9.59 Å². The van der Waals surface area contributed by atoms with E-state index in [1.54, 1.807) is 0 Å². The lowest BCUT2D eigenvalue weighted by atomic mass is 9.85. The second-order valence-electron chi connectivity index (χ2n) is 7.71. The van der Waals surface area contributed by atoms with E-state index in [2.05, 4.69) is 6.08 Å². The van der Waals surface area contributed by atoms with Crippen molar-refractivity contribution in [3.8, 4) is 0 Å². The molecule has 0 spiro atoms. The molecule has 3 aliphatic rings. The Morgan fingerprint density at radius 3 is 2.68 bits per heavy atom. The normalized spacial score (nSPS) is 24.4. The number of hydrogen-bond acceptors (Lipinski definition) is 3. The first-order chi connectivity index (χ1) is 12.2. The minimum absolute atomic E-state index is 0.144. The fraction of sp³-hybridized carbons (Fsp3) is 0.800. The molecule has 1 atom stereocenters. The van der Waals surface area contributed by atoms with Gasteiger partial charge in [0.05, 0.1) is 0 Å². The summed E-state index contributed by atoms with van der Waals surface area (Å²) in [7, 11) is 1.94. The summed E-state index contributed by atoms with van der Waals surface area (Å²) >= 11 is 1.33. The molecule has 5 heteroatoms. The maximum atomic E-state index is 12.6. The van der Waals surface area contributed by atoms with E-state index in [0.717, 1.165) is 32.2 Å². The Morgan fingerprint density at radius 1 is 1.12 bits per heavy atom. The molecule has 0 bridgehead atoms. The van der Waals surface area contributed by atoms with Crippen molar-refractivity contribution in [3.63, 3.8) is 0 Å². The summed E-state index contributed by atoms with van der Waals surface area (Å²) in [5, 5.41) is 0.144. The van der Waals surface area contributed by atoms with Crippen LogP contribution in [0.25, 0.3) is 0 Å². The molecule has 0 N–H and O–H groups in total. The summed E-state index contributed by atoms with van der Waals surface area (Å²) in [6, 6.07) is 0.414. The summed E-state index contributed by atoms with van der Waals surface area (Å²) in [6.07, 6.45) is 14.7. The van der Waals surface area contributed by atoms with Crippen LogP contribution in [0.15, 0.2) is 11.8 Å². The molecule has 2 amide bonds. The number of fused-ring (bicyclic) bond motifs is 1. The van der Waals surface area contributed by atoms with Gasteiger partial charge in [-0.25, -0.2) is 0 Å². The van der Waals surface area contributed by atoms with Crippen molar-refractivity contribution in [2.45, 2.75) is 76.7 Å². The number of hydrogen-bond donors (Lipinski definition) is 0. The summed E-state index contributed by atoms with van der Waals surface area (Å²) in [5.74, 6) is 1.38. The highest BCUT2D eigenvalue weighted by Crippen LogP contribution is 2.36. The number of carbonyl (C=O) groups is 2. The fourth-order valence-corrected chi connectivity index (χ4v) is 5.33. The summed E-state index contributed by atoms with van der Waals surface area (Å²) in [6.45, 7) is 0.851. The molecule has 0 aromatic rings. The molecular weight excluding hydrogens is 332 g/mol. The van der Waals surface area contributed by atoms with Gasteiger partial charge >= 0.3 is 0 Å². The number of allylic oxidation sites excluding steroid dienone is 2. The average molecular weight is 365 g/mol. The number of piperidine rings is 1. The molecule has 1 unspecified atom stereocenters. The van der Waals surface area contributed by atoms with E-state index in [-0.39, 0.29) is 11.1 Å². The number of nitrogens with zero attached hydrogens (tertiary/aromatic N) is 2. The SMILES string of the molecule is CN(C(=O)CCSC(=O)N1CCCC2CCCC=C21)C1CCCCC1. The van der Waals surface area contributed by atoms with E-state index < -0.39 is 0 Å². The number of likely N-dealkylation sites (tertiary alicyclic amines) is 1. The Kier molecular flexibility index (Phi) is 6.85. The standard InChI is InChI=1S/C20H32N2O2S/c1-21(17-10-3-2-4-11-17)19(23)13-15-25-20(24)22-14-7-9-16-8-5-6-12-18(16)22/h12,16-17H,2-11,13-15H2,1H3. The van der Waals surface area contributed by atoms with E-state index >= 15 is 0 Å². The highest BCUT2D eigenvalue weighted by molar-refractivity contribution is 8.13. The van der Waals surface area contributed by atoms with Crippen molar-refractivity contribution in [2.24, 2.45) is 5.92 Å². The van der Waals surface area contributed by atoms with Crippen molar-refractivity contribution in [1.82, 2.24) is 9.80 Å². The van der Waals surface area contributed by atoms with Gasteiger partial charge in [-0.2, -0.15) is 0 Å². The minimum Gasteiger partial charge on any atom is -0.343 e. The quantitative estimate of drug-likeness (QED) is 0.719. The zero-order valence-corrected chi connectivity index (χ0v) is 16.4. The summed E-state index contributed by atoms with van der Waals surface area (Å²) in [4.78, 5) is 29.0. The van der Waals surface area contributed by atoms with Crippen LogP contribution < -0.4 is 0 Å². The van der Waals surface area contributed by atoms with Gasteiger partial charge in [0.1, 0.15) is 0 Å². The third kappa shape index (κ3) is 4.81. The van der Waals surface area contributed by atoms with Crippen molar-refractivity contribution in [3.05, 3.63) is 11.8 Å². The van der Waals surface area contributed by atoms with Crippen LogP contribution in [0.3, 0.4) is 0 Å². The summed E-state index contributed by atoms with van der Waals surface area (Å²) < 4.78 is 0. The number of thioether (sulfide) groups is 1. The van der Waals surface area contributed by atoms with Crippen LogP contribution in [-0.4, -0.2) is 46.3 Å². The van der Waals surface area contributed by atoms with Gasteiger partial charge in [-0.05, 0) is 50.9 Å². The van der Waals surface area contributed by atoms with E-state index in [1.165, 1.54) is 56.0 Å². The third-order valence-electron chi connectivity index (χ3n) is 6.05. The maximum absolute atomic E-state index is 12.6. The number of amides is 2. The Hall–Kier alpha value is -0.970. The zero-order chi connectivity index (χ0) is 17.6. The number of rotatable bonds is 4. The van der Waals surface area contributed by atoms with Crippen molar-refractivity contribution in [2.75, 3.05) is 19.3 Å². The first kappa shape index (κ1) is 18.8. The second-order valence-corrected chi connectivity index (χ2v) is 8.76. The molecule has 1 aliphatic heterocycles. The fourth-order valence-electron chi connectivity index (χ4n) is 4.53. The third-order valence-corrected chi connectivity index (χ3v) is 6.93. The Labute approximate surface area is 156 Å². The van der Waals surface area contributed by atoms with Crippen molar-refractivity contribution in [1.29, 1.82) is 0 Å². The molecule has 0 aromatic heterocycles. The molecule has 1 saturated carbocycles. The van der Waals surface area contributed by atoms with E-state index in [4.69, 9.17) is 0 Å². The van der Waals surface area contributed by atoms with Crippen LogP contribution in [0.2, 0.25) is 0 Å². The first-order valence-corrected chi connectivity index (χ1v) is 11.1. The number of carbonyl (C=O) groups excluding carboxylic acids is 2. The van der Waals surface area contributed by atoms with Gasteiger partial charge in [-0.15, -0.1) is 0 Å². The molecular formula is C20H32N2O2S. The van der Waals surface area contributed by atoms with Gasteiger partial charge in [-0.3, -0.25) is 9.59 Å². The molecule has 3 rings (SSSR count). The summed E-state index contributed by atoms with van der Waals surface area (Å²) in [5.41, 5.74) is 1.26. The maximum Gasteiger partial charge on any atom is 0.285 e. The lowest BCUT2D eigenvalue weighted by Gasteiger charge is -2.37. The average Bonchev–Trinajstić information content (AvgIpc) is 2.67. The van der Waals surface area contributed by atoms with Crippen LogP contribution in [0, 0.1) is 5.92 Å². The van der Waals surface area contributed by atoms with Gasteiger partial charge < -0.3 is 9.80 Å². The van der Waals surface area contributed by atoms with Gasteiger partial charge in [0.25, 0.3) is 5.24 Å². The van der Waals surface area contributed by atoms with Crippen LogP contribution in [0.1, 0.15) is 70.6 Å². The molecule has 140 valence electrons. The van der Waals surface area contributed by atoms with Gasteiger partial charge in [0.15, 0.2) is 0 Å². The van der Waals surface area contributed by atoms with Crippen LogP contribution in [-0.2, 0) is 4.79 Å². The highest BCUT2D eigenvalue weighted by atomic mass is 32.2. The zero-order valence-electron chi connectivity index (χ0n) is 15.5. The minimum atomic E-state index is 0.144. The first-order valence-electron chi connectivity index (χ1n) is 10.1. The Morgan fingerprint density at radius 2 is 1.88 bits per heavy atom. The topological polar surface area (TPSA) is 40.6 Å². The van der Waals surface area contributed by atoms with Crippen LogP contribution in [0.5, 0.6) is 0 Å². The van der Waals surface area contributed by atoms with E-state index in [1.807, 2.05) is 16.8 Å². The molecule has 1 saturated heterocycles. The molecule has 25 heavy (non-hydrogen) atoms. The molecule has 0 aromatic carbocycles. The predicted octanol–water partition coefficient (Wildman–Crippen LogP) is 4.80. The Bertz CT molecular complexity index is 514. The molecule has 4 nitrogen and oxygen atoms in total. The molecule has 2 aliphatic carbocycles. The van der Waals surface area contributed by atoms with Crippen molar-refractivity contribution < 1.29 is 9.59 Å². The second kappa shape index (κ2) is 9.11. The van der Waals surface area contributed by atoms with Crippen molar-refractivity contribution >= 4 is 22.9 Å². The van der Waals surface area contributed by atoms with E-state index in [0.29, 0.717) is 24.1 Å².